The maximum absolute atomic E-state index is 10.4. The molecule has 2 rings (SSSR count). The van der Waals surface area contributed by atoms with Gasteiger partial charge in [0.25, 0.3) is 0 Å². The van der Waals surface area contributed by atoms with Gasteiger partial charge in [-0.25, -0.2) is 4.79 Å². The van der Waals surface area contributed by atoms with Gasteiger partial charge >= 0.3 is 6.09 Å². The standard InChI is InChI=1S/C14H21N3O2/c18-14(19)15-8-11-17-9-6-13(7-10-17)16-12-4-2-1-3-5-12/h1-5,13,15-16H,6-11H2,(H,18,19). The van der Waals surface area contributed by atoms with Crippen LogP contribution in [-0.2, 0) is 0 Å². The molecule has 1 aliphatic heterocycles. The van der Waals surface area contributed by atoms with Gasteiger partial charge in [0.05, 0.1) is 0 Å². The number of carbonyl (C=O) groups is 1. The molecule has 1 amide bonds. The molecular formula is C14H21N3O2. The van der Waals surface area contributed by atoms with E-state index < -0.39 is 6.09 Å². The Bertz CT molecular complexity index is 389. The smallest absolute Gasteiger partial charge is 0.404 e. The highest BCUT2D eigenvalue weighted by Gasteiger charge is 2.18. The van der Waals surface area contributed by atoms with Crippen molar-refractivity contribution >= 4 is 11.8 Å². The van der Waals surface area contributed by atoms with Crippen LogP contribution in [0.15, 0.2) is 30.3 Å². The van der Waals surface area contributed by atoms with Crippen molar-refractivity contribution in [3.8, 4) is 0 Å². The van der Waals surface area contributed by atoms with Gasteiger partial charge in [0.1, 0.15) is 0 Å². The summed E-state index contributed by atoms with van der Waals surface area (Å²) in [7, 11) is 0. The molecule has 3 N–H and O–H groups in total. The van der Waals surface area contributed by atoms with Crippen molar-refractivity contribution in [3.63, 3.8) is 0 Å². The Kier molecular flexibility index (Phi) is 5.03. The van der Waals surface area contributed by atoms with Crippen LogP contribution in [0.3, 0.4) is 0 Å². The Morgan fingerprint density at radius 3 is 2.58 bits per heavy atom. The minimum atomic E-state index is -0.944. The van der Waals surface area contributed by atoms with E-state index in [0.717, 1.165) is 32.5 Å². The SMILES string of the molecule is O=C(O)NCCN1CCC(Nc2ccccc2)CC1. The third-order valence-corrected chi connectivity index (χ3v) is 3.44. The zero-order chi connectivity index (χ0) is 13.5. The van der Waals surface area contributed by atoms with E-state index >= 15 is 0 Å². The number of benzene rings is 1. The molecule has 1 aromatic rings. The number of anilines is 1. The average Bonchev–Trinajstić information content (AvgIpc) is 2.42. The number of nitrogens with zero attached hydrogens (tertiary/aromatic N) is 1. The van der Waals surface area contributed by atoms with Gasteiger partial charge in [0.2, 0.25) is 0 Å². The first-order valence-corrected chi connectivity index (χ1v) is 6.75. The van der Waals surface area contributed by atoms with Crippen LogP contribution in [0.25, 0.3) is 0 Å². The maximum Gasteiger partial charge on any atom is 0.404 e. The zero-order valence-electron chi connectivity index (χ0n) is 11.0. The summed E-state index contributed by atoms with van der Waals surface area (Å²) in [6, 6.07) is 10.8. The topological polar surface area (TPSA) is 64.6 Å². The minimum absolute atomic E-state index is 0.506. The molecule has 104 valence electrons. The maximum atomic E-state index is 10.4. The quantitative estimate of drug-likeness (QED) is 0.758. The second-order valence-corrected chi connectivity index (χ2v) is 4.86. The van der Waals surface area contributed by atoms with E-state index in [1.165, 1.54) is 5.69 Å². The van der Waals surface area contributed by atoms with Crippen molar-refractivity contribution in [2.24, 2.45) is 0 Å². The number of hydrogen-bond acceptors (Lipinski definition) is 3. The molecule has 0 unspecified atom stereocenters. The van der Waals surface area contributed by atoms with Crippen molar-refractivity contribution in [1.82, 2.24) is 10.2 Å². The molecule has 1 heterocycles. The van der Waals surface area contributed by atoms with Crippen LogP contribution in [0.4, 0.5) is 10.5 Å². The van der Waals surface area contributed by atoms with Crippen LogP contribution in [0.5, 0.6) is 0 Å². The Balaban J connectivity index is 1.66. The van der Waals surface area contributed by atoms with E-state index in [4.69, 9.17) is 5.11 Å². The van der Waals surface area contributed by atoms with Crippen molar-refractivity contribution in [2.45, 2.75) is 18.9 Å². The van der Waals surface area contributed by atoms with Gasteiger partial charge in [-0.2, -0.15) is 0 Å². The van der Waals surface area contributed by atoms with Gasteiger partial charge in [0, 0.05) is 37.9 Å². The number of nitrogens with one attached hydrogen (secondary N) is 2. The van der Waals surface area contributed by atoms with Crippen molar-refractivity contribution < 1.29 is 9.90 Å². The fraction of sp³-hybridized carbons (Fsp3) is 0.500. The first kappa shape index (κ1) is 13.7. The number of rotatable bonds is 5. The number of para-hydroxylation sites is 1. The molecule has 5 heteroatoms. The van der Waals surface area contributed by atoms with E-state index in [1.54, 1.807) is 0 Å². The molecule has 0 atom stereocenters. The van der Waals surface area contributed by atoms with E-state index in [0.29, 0.717) is 12.6 Å². The normalized spacial score (nSPS) is 17.1. The average molecular weight is 263 g/mol. The molecule has 1 saturated heterocycles. The monoisotopic (exact) mass is 263 g/mol. The number of piperidine rings is 1. The van der Waals surface area contributed by atoms with Gasteiger partial charge in [-0.05, 0) is 25.0 Å². The summed E-state index contributed by atoms with van der Waals surface area (Å²) >= 11 is 0. The molecule has 0 spiro atoms. The Labute approximate surface area is 113 Å². The van der Waals surface area contributed by atoms with Crippen molar-refractivity contribution in [3.05, 3.63) is 30.3 Å². The summed E-state index contributed by atoms with van der Waals surface area (Å²) in [5.74, 6) is 0. The van der Waals surface area contributed by atoms with Crippen molar-refractivity contribution in [1.29, 1.82) is 0 Å². The molecule has 0 radical (unpaired) electrons. The lowest BCUT2D eigenvalue weighted by atomic mass is 10.0. The molecule has 0 aliphatic carbocycles. The molecule has 0 aromatic heterocycles. The van der Waals surface area contributed by atoms with E-state index in [-0.39, 0.29) is 0 Å². The molecule has 0 saturated carbocycles. The van der Waals surface area contributed by atoms with Crippen LogP contribution < -0.4 is 10.6 Å². The second kappa shape index (κ2) is 6.99. The molecule has 19 heavy (non-hydrogen) atoms. The summed E-state index contributed by atoms with van der Waals surface area (Å²) in [5.41, 5.74) is 1.17. The third-order valence-electron chi connectivity index (χ3n) is 3.44. The number of hydrogen-bond donors (Lipinski definition) is 3. The van der Waals surface area contributed by atoms with Gasteiger partial charge in [-0.1, -0.05) is 18.2 Å². The van der Waals surface area contributed by atoms with Crippen LogP contribution in [-0.4, -0.2) is 48.3 Å². The lowest BCUT2D eigenvalue weighted by molar-refractivity contribution is 0.186. The minimum Gasteiger partial charge on any atom is -0.465 e. The molecule has 0 bridgehead atoms. The third kappa shape index (κ3) is 4.79. The summed E-state index contributed by atoms with van der Waals surface area (Å²) in [4.78, 5) is 12.7. The number of amides is 1. The number of likely N-dealkylation sites (tertiary alicyclic amines) is 1. The van der Waals surface area contributed by atoms with Gasteiger partial charge in [-0.15, -0.1) is 0 Å². The highest BCUT2D eigenvalue weighted by atomic mass is 16.4. The molecule has 5 nitrogen and oxygen atoms in total. The largest absolute Gasteiger partial charge is 0.465 e. The second-order valence-electron chi connectivity index (χ2n) is 4.86. The predicted octanol–water partition coefficient (Wildman–Crippen LogP) is 1.83. The number of carboxylic acid groups (broad SMARTS) is 1. The summed E-state index contributed by atoms with van der Waals surface area (Å²) in [5, 5.41) is 14.5. The lowest BCUT2D eigenvalue weighted by Gasteiger charge is -2.32. The Morgan fingerprint density at radius 2 is 1.95 bits per heavy atom. The lowest BCUT2D eigenvalue weighted by Crippen LogP contribution is -2.42. The van der Waals surface area contributed by atoms with Crippen LogP contribution in [0, 0.1) is 0 Å². The van der Waals surface area contributed by atoms with Crippen LogP contribution in [0.1, 0.15) is 12.8 Å². The first-order valence-electron chi connectivity index (χ1n) is 6.75. The first-order chi connectivity index (χ1) is 9.24. The fourth-order valence-electron chi connectivity index (χ4n) is 2.39. The molecule has 1 aliphatic rings. The molecule has 1 fully saturated rings. The molecule has 1 aromatic carbocycles. The predicted molar refractivity (Wildman–Crippen MR) is 75.6 cm³/mol. The zero-order valence-corrected chi connectivity index (χ0v) is 11.0. The van der Waals surface area contributed by atoms with Gasteiger partial charge in [0.15, 0.2) is 0 Å². The van der Waals surface area contributed by atoms with E-state index in [1.807, 2.05) is 18.2 Å². The van der Waals surface area contributed by atoms with Crippen molar-refractivity contribution in [2.75, 3.05) is 31.5 Å². The highest BCUT2D eigenvalue weighted by Crippen LogP contribution is 2.15. The van der Waals surface area contributed by atoms with Crippen LogP contribution >= 0.6 is 0 Å². The van der Waals surface area contributed by atoms with E-state index in [2.05, 4.69) is 27.7 Å². The summed E-state index contributed by atoms with van der Waals surface area (Å²) in [6.07, 6.45) is 1.25. The summed E-state index contributed by atoms with van der Waals surface area (Å²) < 4.78 is 0. The fourth-order valence-corrected chi connectivity index (χ4v) is 2.39. The van der Waals surface area contributed by atoms with Crippen LogP contribution in [0.2, 0.25) is 0 Å². The Morgan fingerprint density at radius 1 is 1.26 bits per heavy atom. The highest BCUT2D eigenvalue weighted by molar-refractivity contribution is 5.64. The Hall–Kier alpha value is -1.75. The van der Waals surface area contributed by atoms with Gasteiger partial charge in [-0.3, -0.25) is 0 Å². The summed E-state index contributed by atoms with van der Waals surface area (Å²) in [6.45, 7) is 3.34. The van der Waals surface area contributed by atoms with Gasteiger partial charge < -0.3 is 20.6 Å². The van der Waals surface area contributed by atoms with E-state index in [9.17, 15) is 4.79 Å². The molecular weight excluding hydrogens is 242 g/mol.